The zero-order chi connectivity index (χ0) is 18.8. The number of fused-ring (bicyclic) bond motifs is 1. The highest BCUT2D eigenvalue weighted by molar-refractivity contribution is 5.90. The Balaban J connectivity index is 2.33. The number of aryl methyl sites for hydroxylation is 1. The minimum atomic E-state index is -0.408. The molecule has 0 aliphatic carbocycles. The molecule has 3 rings (SSSR count). The van der Waals surface area contributed by atoms with E-state index in [2.05, 4.69) is 4.98 Å². The Labute approximate surface area is 150 Å². The van der Waals surface area contributed by atoms with Gasteiger partial charge in [-0.25, -0.2) is 4.79 Å². The van der Waals surface area contributed by atoms with Crippen molar-refractivity contribution in [3.8, 4) is 22.8 Å². The van der Waals surface area contributed by atoms with E-state index in [0.29, 0.717) is 42.9 Å². The lowest BCUT2D eigenvalue weighted by Gasteiger charge is -2.10. The normalized spacial score (nSPS) is 11.2. The van der Waals surface area contributed by atoms with Gasteiger partial charge in [-0.15, -0.1) is 0 Å². The van der Waals surface area contributed by atoms with Crippen LogP contribution >= 0.6 is 0 Å². The topological polar surface area (TPSA) is 89.2 Å². The van der Waals surface area contributed by atoms with E-state index < -0.39 is 5.56 Å². The van der Waals surface area contributed by atoms with Gasteiger partial charge < -0.3 is 14.8 Å². The molecule has 0 unspecified atom stereocenters. The van der Waals surface area contributed by atoms with E-state index in [1.807, 2.05) is 13.8 Å². The van der Waals surface area contributed by atoms with Crippen molar-refractivity contribution >= 4 is 11.0 Å². The highest BCUT2D eigenvalue weighted by Crippen LogP contribution is 2.35. The summed E-state index contributed by atoms with van der Waals surface area (Å²) in [6.45, 7) is 4.62. The van der Waals surface area contributed by atoms with Gasteiger partial charge >= 0.3 is 5.69 Å². The number of rotatable bonds is 6. The molecular formula is C19H23N3O4. The molecular weight excluding hydrogens is 334 g/mol. The van der Waals surface area contributed by atoms with Crippen LogP contribution in [0.3, 0.4) is 0 Å². The first-order valence-electron chi connectivity index (χ1n) is 8.76. The molecule has 0 saturated carbocycles. The monoisotopic (exact) mass is 357 g/mol. The summed E-state index contributed by atoms with van der Waals surface area (Å²) >= 11 is 0. The second-order valence-electron chi connectivity index (χ2n) is 6.19. The van der Waals surface area contributed by atoms with E-state index in [9.17, 15) is 14.7 Å². The molecule has 2 N–H and O–H groups in total. The summed E-state index contributed by atoms with van der Waals surface area (Å²) in [6, 6.07) is 7.12. The lowest BCUT2D eigenvalue weighted by atomic mass is 10.1. The molecule has 0 aliphatic rings. The zero-order valence-corrected chi connectivity index (χ0v) is 15.2. The van der Waals surface area contributed by atoms with E-state index in [1.54, 1.807) is 31.4 Å². The molecule has 3 aromatic rings. The third kappa shape index (κ3) is 2.79. The number of hydrogen-bond acceptors (Lipinski definition) is 4. The van der Waals surface area contributed by atoms with Crippen LogP contribution in [0.15, 0.2) is 33.9 Å². The van der Waals surface area contributed by atoms with Crippen LogP contribution in [0.25, 0.3) is 22.3 Å². The largest absolute Gasteiger partial charge is 0.504 e. The molecule has 0 fully saturated rings. The number of nitrogens with zero attached hydrogens (tertiary/aromatic N) is 2. The first kappa shape index (κ1) is 17.8. The van der Waals surface area contributed by atoms with Crippen LogP contribution in [0.4, 0.5) is 0 Å². The lowest BCUT2D eigenvalue weighted by Crippen LogP contribution is -2.40. The number of benzene rings is 1. The minimum absolute atomic E-state index is 0.0866. The summed E-state index contributed by atoms with van der Waals surface area (Å²) in [5, 5.41) is 10.8. The summed E-state index contributed by atoms with van der Waals surface area (Å²) in [5.41, 5.74) is 0.834. The first-order chi connectivity index (χ1) is 12.5. The minimum Gasteiger partial charge on any atom is -0.504 e. The van der Waals surface area contributed by atoms with Gasteiger partial charge in [-0.3, -0.25) is 13.9 Å². The summed E-state index contributed by atoms with van der Waals surface area (Å²) in [4.78, 5) is 28.6. The molecule has 0 atom stereocenters. The SMILES string of the molecule is CCCn1c(=O)c2[nH]c(-c3ccc(OC)cc3)c(O)c2n(CCC)c1=O. The maximum absolute atomic E-state index is 12.8. The Morgan fingerprint density at radius 2 is 1.65 bits per heavy atom. The number of aromatic amines is 1. The predicted octanol–water partition coefficient (Wildman–Crippen LogP) is 2.69. The van der Waals surface area contributed by atoms with Gasteiger partial charge in [0.25, 0.3) is 5.56 Å². The fourth-order valence-corrected chi connectivity index (χ4v) is 3.18. The molecule has 7 heteroatoms. The Kier molecular flexibility index (Phi) is 4.88. The Hall–Kier alpha value is -2.96. The molecule has 0 saturated heterocycles. The molecule has 138 valence electrons. The molecule has 0 bridgehead atoms. The molecule has 0 aliphatic heterocycles. The van der Waals surface area contributed by atoms with Crippen LogP contribution in [0, 0.1) is 0 Å². The summed E-state index contributed by atoms with van der Waals surface area (Å²) in [5.74, 6) is 0.606. The fraction of sp³-hybridized carbons (Fsp3) is 0.368. The summed E-state index contributed by atoms with van der Waals surface area (Å²) in [6.07, 6.45) is 1.38. The lowest BCUT2D eigenvalue weighted by molar-refractivity contribution is 0.415. The van der Waals surface area contributed by atoms with Crippen LogP contribution in [-0.4, -0.2) is 26.3 Å². The van der Waals surface area contributed by atoms with Crippen LogP contribution in [0.5, 0.6) is 11.5 Å². The second-order valence-corrected chi connectivity index (χ2v) is 6.19. The molecule has 2 heterocycles. The number of ether oxygens (including phenoxy) is 1. The molecule has 7 nitrogen and oxygen atoms in total. The van der Waals surface area contributed by atoms with E-state index >= 15 is 0 Å². The van der Waals surface area contributed by atoms with Gasteiger partial charge in [0.05, 0.1) is 12.8 Å². The Bertz CT molecular complexity index is 1040. The number of nitrogens with one attached hydrogen (secondary N) is 1. The van der Waals surface area contributed by atoms with Gasteiger partial charge in [-0.1, -0.05) is 13.8 Å². The average molecular weight is 357 g/mol. The van der Waals surface area contributed by atoms with Crippen molar-refractivity contribution in [2.24, 2.45) is 0 Å². The van der Waals surface area contributed by atoms with Gasteiger partial charge in [-0.05, 0) is 37.1 Å². The maximum atomic E-state index is 12.8. The number of methoxy groups -OCH3 is 1. The molecule has 1 aromatic carbocycles. The third-order valence-electron chi connectivity index (χ3n) is 4.41. The van der Waals surface area contributed by atoms with Gasteiger partial charge in [0, 0.05) is 18.7 Å². The van der Waals surface area contributed by atoms with Gasteiger partial charge in [-0.2, -0.15) is 0 Å². The standard InChI is InChI=1S/C19H23N3O4/c1-4-10-21-16-15(18(24)22(11-5-2)19(21)25)20-14(17(16)23)12-6-8-13(26-3)9-7-12/h6-9,20,23H,4-5,10-11H2,1-3H3. The van der Waals surface area contributed by atoms with E-state index in [0.717, 1.165) is 0 Å². The van der Waals surface area contributed by atoms with E-state index in [1.165, 1.54) is 9.13 Å². The summed E-state index contributed by atoms with van der Waals surface area (Å²) in [7, 11) is 1.58. The smallest absolute Gasteiger partial charge is 0.331 e. The van der Waals surface area contributed by atoms with Crippen molar-refractivity contribution in [2.45, 2.75) is 39.8 Å². The number of aromatic nitrogens is 3. The van der Waals surface area contributed by atoms with Crippen molar-refractivity contribution in [3.05, 3.63) is 45.1 Å². The Morgan fingerprint density at radius 1 is 1.04 bits per heavy atom. The molecule has 0 amide bonds. The quantitative estimate of drug-likeness (QED) is 0.710. The van der Waals surface area contributed by atoms with Crippen molar-refractivity contribution in [2.75, 3.05) is 7.11 Å². The van der Waals surface area contributed by atoms with Crippen LogP contribution in [0.1, 0.15) is 26.7 Å². The van der Waals surface area contributed by atoms with Crippen LogP contribution in [-0.2, 0) is 13.1 Å². The van der Waals surface area contributed by atoms with Crippen molar-refractivity contribution < 1.29 is 9.84 Å². The van der Waals surface area contributed by atoms with E-state index in [-0.39, 0.29) is 22.5 Å². The number of hydrogen-bond donors (Lipinski definition) is 2. The van der Waals surface area contributed by atoms with Gasteiger partial charge in [0.15, 0.2) is 5.75 Å². The van der Waals surface area contributed by atoms with Gasteiger partial charge in [0.1, 0.15) is 16.8 Å². The molecule has 26 heavy (non-hydrogen) atoms. The van der Waals surface area contributed by atoms with Crippen molar-refractivity contribution in [3.63, 3.8) is 0 Å². The zero-order valence-electron chi connectivity index (χ0n) is 15.2. The number of aromatic hydroxyl groups is 1. The molecule has 0 spiro atoms. The number of H-pyrrole nitrogens is 1. The maximum Gasteiger partial charge on any atom is 0.331 e. The highest BCUT2D eigenvalue weighted by atomic mass is 16.5. The predicted molar refractivity (Wildman–Crippen MR) is 101 cm³/mol. The highest BCUT2D eigenvalue weighted by Gasteiger charge is 2.21. The van der Waals surface area contributed by atoms with Crippen molar-refractivity contribution in [1.82, 2.24) is 14.1 Å². The van der Waals surface area contributed by atoms with Crippen molar-refractivity contribution in [1.29, 1.82) is 0 Å². The van der Waals surface area contributed by atoms with Crippen LogP contribution < -0.4 is 16.0 Å². The second kappa shape index (κ2) is 7.11. The average Bonchev–Trinajstić information content (AvgIpc) is 3.00. The summed E-state index contributed by atoms with van der Waals surface area (Å²) < 4.78 is 7.86. The first-order valence-corrected chi connectivity index (χ1v) is 8.76. The molecule has 2 aromatic heterocycles. The fourth-order valence-electron chi connectivity index (χ4n) is 3.18. The Morgan fingerprint density at radius 3 is 2.23 bits per heavy atom. The van der Waals surface area contributed by atoms with Crippen LogP contribution in [0.2, 0.25) is 0 Å². The van der Waals surface area contributed by atoms with Gasteiger partial charge in [0.2, 0.25) is 0 Å². The van der Waals surface area contributed by atoms with E-state index in [4.69, 9.17) is 4.74 Å². The third-order valence-corrected chi connectivity index (χ3v) is 4.41. The molecule has 0 radical (unpaired) electrons.